The van der Waals surface area contributed by atoms with E-state index in [0.717, 1.165) is 71.2 Å². The lowest BCUT2D eigenvalue weighted by Gasteiger charge is -2.21. The van der Waals surface area contributed by atoms with E-state index in [2.05, 4.69) is 33.0 Å². The Morgan fingerprint density at radius 2 is 1.77 bits per heavy atom. The van der Waals surface area contributed by atoms with Crippen molar-refractivity contribution in [3.05, 3.63) is 35.2 Å². The van der Waals surface area contributed by atoms with Gasteiger partial charge in [0.25, 0.3) is 0 Å². The Kier molecular flexibility index (Phi) is 6.85. The molecule has 0 bridgehead atoms. The van der Waals surface area contributed by atoms with Crippen molar-refractivity contribution in [3.63, 3.8) is 0 Å². The van der Waals surface area contributed by atoms with Crippen LogP contribution in [0.2, 0.25) is 0 Å². The van der Waals surface area contributed by atoms with Crippen molar-refractivity contribution in [1.82, 2.24) is 14.6 Å². The van der Waals surface area contributed by atoms with Gasteiger partial charge in [-0.05, 0) is 50.8 Å². The molecule has 0 saturated carbocycles. The van der Waals surface area contributed by atoms with Crippen LogP contribution in [0.15, 0.2) is 18.2 Å². The van der Waals surface area contributed by atoms with Gasteiger partial charge in [-0.2, -0.15) is 9.61 Å². The molecule has 0 aliphatic rings. The minimum Gasteiger partial charge on any atom is -0.497 e. The molecule has 0 fully saturated rings. The minimum atomic E-state index is 0.393. The fourth-order valence-corrected chi connectivity index (χ4v) is 4.06. The fourth-order valence-electron chi connectivity index (χ4n) is 4.06. The molecule has 0 amide bonds. The van der Waals surface area contributed by atoms with Crippen LogP contribution in [0.1, 0.15) is 57.5 Å². The molecule has 0 atom stereocenters. The molecule has 6 nitrogen and oxygen atoms in total. The van der Waals surface area contributed by atoms with Crippen molar-refractivity contribution in [3.8, 4) is 22.6 Å². The number of methoxy groups -OCH3 is 2. The molecule has 0 aliphatic heterocycles. The predicted molar refractivity (Wildman–Crippen MR) is 123 cm³/mol. The van der Waals surface area contributed by atoms with E-state index >= 15 is 0 Å². The van der Waals surface area contributed by atoms with E-state index < -0.39 is 0 Å². The van der Waals surface area contributed by atoms with Crippen molar-refractivity contribution in [2.45, 2.75) is 66.3 Å². The van der Waals surface area contributed by atoms with Gasteiger partial charge in [-0.1, -0.05) is 27.7 Å². The van der Waals surface area contributed by atoms with Gasteiger partial charge >= 0.3 is 0 Å². The molecule has 1 aromatic carbocycles. The van der Waals surface area contributed by atoms with Crippen LogP contribution in [0.3, 0.4) is 0 Å². The molecular weight excluding hydrogens is 376 g/mol. The number of hydrogen-bond acceptors (Lipinski definition) is 5. The summed E-state index contributed by atoms with van der Waals surface area (Å²) in [6.45, 7) is 10.8. The van der Waals surface area contributed by atoms with Crippen molar-refractivity contribution in [1.29, 1.82) is 0 Å². The first kappa shape index (κ1) is 21.9. The molecule has 2 heterocycles. The van der Waals surface area contributed by atoms with Gasteiger partial charge in [0.05, 0.1) is 25.5 Å². The summed E-state index contributed by atoms with van der Waals surface area (Å²) < 4.78 is 13.1. The largest absolute Gasteiger partial charge is 0.497 e. The molecule has 162 valence electrons. The van der Waals surface area contributed by atoms with E-state index in [1.54, 1.807) is 14.2 Å². The average molecular weight is 411 g/mol. The number of hydrogen-bond donors (Lipinski definition) is 1. The van der Waals surface area contributed by atoms with Crippen LogP contribution in [0.4, 0.5) is 5.82 Å². The maximum absolute atomic E-state index is 5.67. The number of rotatable bonds is 9. The Bertz CT molecular complexity index is 1020. The van der Waals surface area contributed by atoms with E-state index in [1.165, 1.54) is 5.56 Å². The summed E-state index contributed by atoms with van der Waals surface area (Å²) in [5.41, 5.74) is 6.04. The van der Waals surface area contributed by atoms with Crippen molar-refractivity contribution in [2.75, 3.05) is 19.5 Å². The van der Waals surface area contributed by atoms with Gasteiger partial charge in [0, 0.05) is 22.9 Å². The van der Waals surface area contributed by atoms with E-state index in [0.29, 0.717) is 6.04 Å². The van der Waals surface area contributed by atoms with Gasteiger partial charge in [0.2, 0.25) is 0 Å². The Hall–Kier alpha value is -2.76. The summed E-state index contributed by atoms with van der Waals surface area (Å²) in [6, 6.07) is 6.23. The van der Waals surface area contributed by atoms with Crippen LogP contribution >= 0.6 is 0 Å². The lowest BCUT2D eigenvalue weighted by molar-refractivity contribution is 0.404. The van der Waals surface area contributed by atoms with E-state index in [-0.39, 0.29) is 0 Å². The Balaban J connectivity index is 2.35. The Morgan fingerprint density at radius 1 is 1.03 bits per heavy atom. The predicted octanol–water partition coefficient (Wildman–Crippen LogP) is 5.45. The number of nitrogens with zero attached hydrogens (tertiary/aromatic N) is 3. The molecule has 6 heteroatoms. The second-order valence-corrected chi connectivity index (χ2v) is 7.51. The van der Waals surface area contributed by atoms with Crippen molar-refractivity contribution < 1.29 is 9.47 Å². The van der Waals surface area contributed by atoms with E-state index in [4.69, 9.17) is 19.6 Å². The van der Waals surface area contributed by atoms with Gasteiger partial charge in [-0.25, -0.2) is 4.98 Å². The smallest absolute Gasteiger partial charge is 0.165 e. The molecule has 1 N–H and O–H groups in total. The van der Waals surface area contributed by atoms with Crippen LogP contribution in [0, 0.1) is 6.92 Å². The molecule has 0 radical (unpaired) electrons. The van der Waals surface area contributed by atoms with Gasteiger partial charge < -0.3 is 14.8 Å². The standard InChI is InChI=1S/C24H34N4O2/c1-8-16(9-2)25-23-18(10-3)20(11-4)26-24-22(15(5)27-28(23)24)19-14-17(29-6)12-13-21(19)30-7/h12-14,16,25H,8-11H2,1-7H3. The summed E-state index contributed by atoms with van der Waals surface area (Å²) in [7, 11) is 3.36. The zero-order valence-corrected chi connectivity index (χ0v) is 19.3. The fraction of sp³-hybridized carbons (Fsp3) is 0.500. The molecule has 0 aliphatic carbocycles. The zero-order chi connectivity index (χ0) is 21.8. The normalized spacial score (nSPS) is 11.3. The SMILES string of the molecule is CCc1nc2c(-c3cc(OC)ccc3OC)c(C)nn2c(NC(CC)CC)c1CC. The van der Waals surface area contributed by atoms with Crippen molar-refractivity contribution in [2.24, 2.45) is 0 Å². The average Bonchev–Trinajstić information content (AvgIpc) is 3.11. The Morgan fingerprint density at radius 3 is 2.33 bits per heavy atom. The Labute approximate surface area is 179 Å². The summed E-state index contributed by atoms with van der Waals surface area (Å²) in [4.78, 5) is 5.08. The third kappa shape index (κ3) is 3.83. The second kappa shape index (κ2) is 9.37. The highest BCUT2D eigenvalue weighted by atomic mass is 16.5. The van der Waals surface area contributed by atoms with Crippen molar-refractivity contribution >= 4 is 11.5 Å². The molecule has 0 spiro atoms. The maximum atomic E-state index is 5.67. The number of nitrogens with one attached hydrogen (secondary N) is 1. The van der Waals surface area contributed by atoms with Crippen LogP contribution in [0.25, 0.3) is 16.8 Å². The first-order valence-corrected chi connectivity index (χ1v) is 10.9. The number of aryl methyl sites for hydroxylation is 2. The topological polar surface area (TPSA) is 60.7 Å². The third-order valence-corrected chi connectivity index (χ3v) is 5.81. The molecule has 0 unspecified atom stereocenters. The molecule has 3 rings (SSSR count). The van der Waals surface area contributed by atoms with E-state index in [9.17, 15) is 0 Å². The van der Waals surface area contributed by atoms with Gasteiger partial charge in [-0.3, -0.25) is 0 Å². The molecule has 30 heavy (non-hydrogen) atoms. The van der Waals surface area contributed by atoms with Crippen LogP contribution in [-0.2, 0) is 12.8 Å². The van der Waals surface area contributed by atoms with Gasteiger partial charge in [-0.15, -0.1) is 0 Å². The first-order chi connectivity index (χ1) is 14.5. The minimum absolute atomic E-state index is 0.393. The van der Waals surface area contributed by atoms with E-state index in [1.807, 2.05) is 29.6 Å². The summed E-state index contributed by atoms with van der Waals surface area (Å²) in [6.07, 6.45) is 3.89. The third-order valence-electron chi connectivity index (χ3n) is 5.81. The number of benzene rings is 1. The number of fused-ring (bicyclic) bond motifs is 1. The number of ether oxygens (including phenoxy) is 2. The number of aromatic nitrogens is 3. The maximum Gasteiger partial charge on any atom is 0.165 e. The quantitative estimate of drug-likeness (QED) is 0.508. The van der Waals surface area contributed by atoms with Crippen LogP contribution in [0.5, 0.6) is 11.5 Å². The zero-order valence-electron chi connectivity index (χ0n) is 19.3. The molecule has 0 saturated heterocycles. The highest BCUT2D eigenvalue weighted by molar-refractivity contribution is 5.85. The monoisotopic (exact) mass is 410 g/mol. The molecule has 2 aromatic heterocycles. The summed E-state index contributed by atoms with van der Waals surface area (Å²) in [5.74, 6) is 2.62. The van der Waals surface area contributed by atoms with Gasteiger partial charge in [0.15, 0.2) is 5.65 Å². The molecule has 3 aromatic rings. The highest BCUT2D eigenvalue weighted by Gasteiger charge is 2.23. The number of anilines is 1. The highest BCUT2D eigenvalue weighted by Crippen LogP contribution is 2.39. The summed E-state index contributed by atoms with van der Waals surface area (Å²) in [5, 5.41) is 8.68. The van der Waals surface area contributed by atoms with Gasteiger partial charge in [0.1, 0.15) is 17.3 Å². The van der Waals surface area contributed by atoms with Crippen LogP contribution in [-0.4, -0.2) is 34.9 Å². The lowest BCUT2D eigenvalue weighted by Crippen LogP contribution is -2.22. The second-order valence-electron chi connectivity index (χ2n) is 7.51. The molecular formula is C24H34N4O2. The first-order valence-electron chi connectivity index (χ1n) is 10.9. The summed E-state index contributed by atoms with van der Waals surface area (Å²) >= 11 is 0. The van der Waals surface area contributed by atoms with Crippen LogP contribution < -0.4 is 14.8 Å². The lowest BCUT2D eigenvalue weighted by atomic mass is 10.0.